The highest BCUT2D eigenvalue weighted by Crippen LogP contribution is 2.11. The fourth-order valence-corrected chi connectivity index (χ4v) is 1.74. The molecule has 0 spiro atoms. The Morgan fingerprint density at radius 2 is 1.72 bits per heavy atom. The smallest absolute Gasteiger partial charge is 0.123 e. The van der Waals surface area contributed by atoms with Crippen LogP contribution in [0.15, 0.2) is 48.5 Å². The van der Waals surface area contributed by atoms with Crippen molar-refractivity contribution in [3.8, 4) is 5.75 Å². The highest BCUT2D eigenvalue weighted by atomic mass is 19.1. The van der Waals surface area contributed by atoms with Gasteiger partial charge in [-0.3, -0.25) is 0 Å². The van der Waals surface area contributed by atoms with Gasteiger partial charge in [-0.15, -0.1) is 0 Å². The lowest BCUT2D eigenvalue weighted by Crippen LogP contribution is -2.12. The molecule has 94 valence electrons. The van der Waals surface area contributed by atoms with Crippen molar-refractivity contribution in [3.63, 3.8) is 0 Å². The van der Waals surface area contributed by atoms with Crippen LogP contribution >= 0.6 is 0 Å². The van der Waals surface area contributed by atoms with Gasteiger partial charge < -0.3 is 10.1 Å². The third-order valence-electron chi connectivity index (χ3n) is 2.71. The van der Waals surface area contributed by atoms with E-state index in [9.17, 15) is 4.39 Å². The Morgan fingerprint density at radius 3 is 2.39 bits per heavy atom. The van der Waals surface area contributed by atoms with Crippen LogP contribution < -0.4 is 10.1 Å². The van der Waals surface area contributed by atoms with E-state index >= 15 is 0 Å². The molecule has 0 saturated carbocycles. The summed E-state index contributed by atoms with van der Waals surface area (Å²) in [5, 5.41) is 3.28. The largest absolute Gasteiger partial charge is 0.497 e. The van der Waals surface area contributed by atoms with Gasteiger partial charge >= 0.3 is 0 Å². The number of hydrogen-bond donors (Lipinski definition) is 1. The monoisotopic (exact) mass is 245 g/mol. The molecule has 2 aromatic rings. The van der Waals surface area contributed by atoms with Gasteiger partial charge in [0, 0.05) is 13.1 Å². The van der Waals surface area contributed by atoms with E-state index in [1.54, 1.807) is 19.2 Å². The predicted molar refractivity (Wildman–Crippen MR) is 69.9 cm³/mol. The maximum absolute atomic E-state index is 13.0. The number of methoxy groups -OCH3 is 1. The van der Waals surface area contributed by atoms with Crippen molar-refractivity contribution in [2.24, 2.45) is 0 Å². The number of ether oxygens (including phenoxy) is 1. The van der Waals surface area contributed by atoms with Crippen LogP contribution in [0.4, 0.5) is 4.39 Å². The third kappa shape index (κ3) is 3.57. The van der Waals surface area contributed by atoms with Crippen LogP contribution in [0.1, 0.15) is 11.1 Å². The summed E-state index contributed by atoms with van der Waals surface area (Å²) in [5.41, 5.74) is 2.12. The van der Waals surface area contributed by atoms with Crippen molar-refractivity contribution in [2.45, 2.75) is 13.1 Å². The first-order chi connectivity index (χ1) is 8.78. The van der Waals surface area contributed by atoms with E-state index in [0.717, 1.165) is 17.9 Å². The van der Waals surface area contributed by atoms with Crippen molar-refractivity contribution >= 4 is 0 Å². The summed E-state index contributed by atoms with van der Waals surface area (Å²) in [6.45, 7) is 1.41. The summed E-state index contributed by atoms with van der Waals surface area (Å²) in [7, 11) is 1.65. The SMILES string of the molecule is COc1ccc(CNCc2cccc(F)c2)cc1. The normalized spacial score (nSPS) is 10.3. The van der Waals surface area contributed by atoms with Crippen LogP contribution in [0.5, 0.6) is 5.75 Å². The molecule has 0 aliphatic carbocycles. The fourth-order valence-electron chi connectivity index (χ4n) is 1.74. The standard InChI is InChI=1S/C15H16FNO/c1-18-15-7-5-12(6-8-15)10-17-11-13-3-2-4-14(16)9-13/h2-9,17H,10-11H2,1H3. The molecule has 1 N–H and O–H groups in total. The minimum absolute atomic E-state index is 0.196. The highest BCUT2D eigenvalue weighted by molar-refractivity contribution is 5.27. The van der Waals surface area contributed by atoms with Gasteiger partial charge in [0.25, 0.3) is 0 Å². The second-order valence-electron chi connectivity index (χ2n) is 4.08. The molecule has 0 aliphatic rings. The molecule has 0 fully saturated rings. The summed E-state index contributed by atoms with van der Waals surface area (Å²) >= 11 is 0. The average Bonchev–Trinajstić information content (AvgIpc) is 2.40. The van der Waals surface area contributed by atoms with Crippen molar-refractivity contribution in [2.75, 3.05) is 7.11 Å². The van der Waals surface area contributed by atoms with E-state index in [1.165, 1.54) is 11.6 Å². The number of hydrogen-bond acceptors (Lipinski definition) is 2. The molecule has 2 aromatic carbocycles. The molecule has 0 bridgehead atoms. The number of benzene rings is 2. The molecule has 0 heterocycles. The summed E-state index contributed by atoms with van der Waals surface area (Å²) in [5.74, 6) is 0.655. The molecular weight excluding hydrogens is 229 g/mol. The lowest BCUT2D eigenvalue weighted by atomic mass is 10.2. The zero-order valence-electron chi connectivity index (χ0n) is 10.3. The molecule has 18 heavy (non-hydrogen) atoms. The van der Waals surface area contributed by atoms with Gasteiger partial charge in [0.2, 0.25) is 0 Å². The molecule has 2 nitrogen and oxygen atoms in total. The Balaban J connectivity index is 1.84. The molecule has 0 atom stereocenters. The molecule has 2 rings (SSSR count). The Kier molecular flexibility index (Phi) is 4.31. The third-order valence-corrected chi connectivity index (χ3v) is 2.71. The minimum Gasteiger partial charge on any atom is -0.497 e. The fraction of sp³-hybridized carbons (Fsp3) is 0.200. The Labute approximate surface area is 106 Å². The van der Waals surface area contributed by atoms with E-state index in [1.807, 2.05) is 30.3 Å². The van der Waals surface area contributed by atoms with Gasteiger partial charge in [-0.05, 0) is 35.4 Å². The lowest BCUT2D eigenvalue weighted by Gasteiger charge is -2.06. The zero-order chi connectivity index (χ0) is 12.8. The van der Waals surface area contributed by atoms with Crippen LogP contribution in [0.25, 0.3) is 0 Å². The molecule has 0 aromatic heterocycles. The second-order valence-corrected chi connectivity index (χ2v) is 4.08. The Bertz CT molecular complexity index is 496. The van der Waals surface area contributed by atoms with Gasteiger partial charge in [-0.1, -0.05) is 24.3 Å². The minimum atomic E-state index is -0.196. The first kappa shape index (κ1) is 12.6. The molecule has 0 aliphatic heterocycles. The van der Waals surface area contributed by atoms with Gasteiger partial charge in [0.05, 0.1) is 7.11 Å². The zero-order valence-corrected chi connectivity index (χ0v) is 10.3. The topological polar surface area (TPSA) is 21.3 Å². The molecule has 3 heteroatoms. The first-order valence-corrected chi connectivity index (χ1v) is 5.86. The van der Waals surface area contributed by atoms with Crippen LogP contribution in [-0.2, 0) is 13.1 Å². The summed E-state index contributed by atoms with van der Waals surface area (Å²) in [6.07, 6.45) is 0. The highest BCUT2D eigenvalue weighted by Gasteiger charge is 1.97. The van der Waals surface area contributed by atoms with E-state index in [2.05, 4.69) is 5.32 Å². The van der Waals surface area contributed by atoms with Gasteiger partial charge in [-0.25, -0.2) is 4.39 Å². The van der Waals surface area contributed by atoms with Crippen molar-refractivity contribution in [1.29, 1.82) is 0 Å². The first-order valence-electron chi connectivity index (χ1n) is 5.86. The molecule has 0 amide bonds. The van der Waals surface area contributed by atoms with Crippen LogP contribution in [0, 0.1) is 5.82 Å². The van der Waals surface area contributed by atoms with Crippen molar-refractivity contribution < 1.29 is 9.13 Å². The quantitative estimate of drug-likeness (QED) is 0.873. The predicted octanol–water partition coefficient (Wildman–Crippen LogP) is 3.12. The number of nitrogens with one attached hydrogen (secondary N) is 1. The Morgan fingerprint density at radius 1 is 1.00 bits per heavy atom. The van der Waals surface area contributed by atoms with Gasteiger partial charge in [-0.2, -0.15) is 0 Å². The molecule has 0 radical (unpaired) electrons. The van der Waals surface area contributed by atoms with Gasteiger partial charge in [0.15, 0.2) is 0 Å². The van der Waals surface area contributed by atoms with Crippen molar-refractivity contribution in [1.82, 2.24) is 5.32 Å². The number of rotatable bonds is 5. The molecule has 0 saturated heterocycles. The lowest BCUT2D eigenvalue weighted by molar-refractivity contribution is 0.414. The summed E-state index contributed by atoms with van der Waals surface area (Å²) < 4.78 is 18.1. The maximum atomic E-state index is 13.0. The number of halogens is 1. The van der Waals surface area contributed by atoms with Gasteiger partial charge in [0.1, 0.15) is 11.6 Å². The summed E-state index contributed by atoms with van der Waals surface area (Å²) in [6, 6.07) is 14.5. The van der Waals surface area contributed by atoms with E-state index < -0.39 is 0 Å². The maximum Gasteiger partial charge on any atom is 0.123 e. The van der Waals surface area contributed by atoms with E-state index in [4.69, 9.17) is 4.74 Å². The van der Waals surface area contributed by atoms with Crippen LogP contribution in [0.2, 0.25) is 0 Å². The van der Waals surface area contributed by atoms with Crippen LogP contribution in [-0.4, -0.2) is 7.11 Å². The summed E-state index contributed by atoms with van der Waals surface area (Å²) in [4.78, 5) is 0. The average molecular weight is 245 g/mol. The second kappa shape index (κ2) is 6.17. The molecule has 0 unspecified atom stereocenters. The Hall–Kier alpha value is -1.87. The van der Waals surface area contributed by atoms with Crippen LogP contribution in [0.3, 0.4) is 0 Å². The van der Waals surface area contributed by atoms with E-state index in [-0.39, 0.29) is 5.82 Å². The van der Waals surface area contributed by atoms with E-state index in [0.29, 0.717) is 6.54 Å². The van der Waals surface area contributed by atoms with Crippen molar-refractivity contribution in [3.05, 3.63) is 65.5 Å². The molecular formula is C15H16FNO.